The highest BCUT2D eigenvalue weighted by atomic mass is 14.0. The summed E-state index contributed by atoms with van der Waals surface area (Å²) in [5, 5.41) is 0. The number of hydrogen-bond acceptors (Lipinski definition) is 0. The van der Waals surface area contributed by atoms with Crippen molar-refractivity contribution in [3.05, 3.63) is 79.4 Å². The van der Waals surface area contributed by atoms with Gasteiger partial charge in [0.2, 0.25) is 0 Å². The van der Waals surface area contributed by atoms with Crippen LogP contribution in [0.2, 0.25) is 0 Å². The van der Waals surface area contributed by atoms with Gasteiger partial charge in [-0.25, -0.2) is 0 Å². The molecule has 0 heterocycles. The molecule has 0 heteroatoms. The SMILES string of the molecule is C=CC=CC=C(C=C)c1ccccc1. The topological polar surface area (TPSA) is 0 Å². The van der Waals surface area contributed by atoms with Crippen LogP contribution in [0.4, 0.5) is 0 Å². The summed E-state index contributed by atoms with van der Waals surface area (Å²) in [6, 6.07) is 10.2. The van der Waals surface area contributed by atoms with Gasteiger partial charge in [-0.2, -0.15) is 0 Å². The molecule has 0 nitrogen and oxygen atoms in total. The minimum Gasteiger partial charge on any atom is -0.0991 e. The number of hydrogen-bond donors (Lipinski definition) is 0. The van der Waals surface area contributed by atoms with Crippen molar-refractivity contribution < 1.29 is 0 Å². The standard InChI is InChI=1S/C14H14/c1-3-5-7-10-13(4-2)14-11-8-6-9-12-14/h3-12H,1-2H2. The quantitative estimate of drug-likeness (QED) is 0.617. The average molecular weight is 182 g/mol. The van der Waals surface area contributed by atoms with Crippen LogP contribution in [0.3, 0.4) is 0 Å². The molecular formula is C14H14. The summed E-state index contributed by atoms with van der Waals surface area (Å²) in [5.74, 6) is 0. The number of allylic oxidation sites excluding steroid dienone is 6. The molecule has 1 aromatic carbocycles. The van der Waals surface area contributed by atoms with Crippen molar-refractivity contribution in [3.63, 3.8) is 0 Å². The van der Waals surface area contributed by atoms with E-state index in [-0.39, 0.29) is 0 Å². The molecule has 70 valence electrons. The smallest absolute Gasteiger partial charge is 0.0184 e. The highest BCUT2D eigenvalue weighted by molar-refractivity contribution is 5.74. The third kappa shape index (κ3) is 2.91. The Hall–Kier alpha value is -1.82. The fourth-order valence-corrected chi connectivity index (χ4v) is 1.15. The molecule has 0 radical (unpaired) electrons. The van der Waals surface area contributed by atoms with Gasteiger partial charge in [-0.3, -0.25) is 0 Å². The molecule has 0 aliphatic heterocycles. The first kappa shape index (κ1) is 10.3. The lowest BCUT2D eigenvalue weighted by atomic mass is 10.1. The van der Waals surface area contributed by atoms with E-state index in [1.54, 1.807) is 6.08 Å². The van der Waals surface area contributed by atoms with Gasteiger partial charge in [-0.05, 0) is 11.1 Å². The Morgan fingerprint density at radius 1 is 1.00 bits per heavy atom. The molecule has 14 heavy (non-hydrogen) atoms. The second kappa shape index (κ2) is 5.76. The van der Waals surface area contributed by atoms with Gasteiger partial charge >= 0.3 is 0 Å². The number of rotatable bonds is 4. The molecule has 1 aromatic rings. The predicted molar refractivity (Wildman–Crippen MR) is 64.0 cm³/mol. The molecule has 0 fully saturated rings. The van der Waals surface area contributed by atoms with E-state index in [1.165, 1.54) is 5.56 Å². The summed E-state index contributed by atoms with van der Waals surface area (Å²) in [6.45, 7) is 7.40. The Balaban J connectivity index is 2.93. The zero-order valence-electron chi connectivity index (χ0n) is 8.19. The molecular weight excluding hydrogens is 168 g/mol. The third-order valence-corrected chi connectivity index (χ3v) is 1.85. The minimum atomic E-state index is 1.11. The van der Waals surface area contributed by atoms with Crippen LogP contribution in [-0.2, 0) is 0 Å². The van der Waals surface area contributed by atoms with E-state index in [2.05, 4.69) is 25.3 Å². The van der Waals surface area contributed by atoms with E-state index in [0.29, 0.717) is 0 Å². The Morgan fingerprint density at radius 2 is 1.71 bits per heavy atom. The average Bonchev–Trinajstić information content (AvgIpc) is 2.26. The second-order valence-corrected chi connectivity index (χ2v) is 2.81. The number of benzene rings is 1. The van der Waals surface area contributed by atoms with Crippen LogP contribution >= 0.6 is 0 Å². The lowest BCUT2D eigenvalue weighted by molar-refractivity contribution is 1.62. The molecule has 0 saturated carbocycles. The lowest BCUT2D eigenvalue weighted by Gasteiger charge is -1.99. The predicted octanol–water partition coefficient (Wildman–Crippen LogP) is 4.00. The van der Waals surface area contributed by atoms with E-state index >= 15 is 0 Å². The van der Waals surface area contributed by atoms with Crippen LogP contribution in [-0.4, -0.2) is 0 Å². The molecule has 1 rings (SSSR count). The zero-order valence-corrected chi connectivity index (χ0v) is 8.19. The summed E-state index contributed by atoms with van der Waals surface area (Å²) in [7, 11) is 0. The van der Waals surface area contributed by atoms with Gasteiger partial charge in [0, 0.05) is 0 Å². The third-order valence-electron chi connectivity index (χ3n) is 1.85. The summed E-state index contributed by atoms with van der Waals surface area (Å²) < 4.78 is 0. The highest BCUT2D eigenvalue weighted by Gasteiger charge is 1.92. The highest BCUT2D eigenvalue weighted by Crippen LogP contribution is 2.14. The first-order valence-electron chi connectivity index (χ1n) is 4.55. The van der Waals surface area contributed by atoms with Crippen LogP contribution in [0.15, 0.2) is 73.9 Å². The molecule has 0 unspecified atom stereocenters. The second-order valence-electron chi connectivity index (χ2n) is 2.81. The Labute approximate surface area is 85.6 Å². The lowest BCUT2D eigenvalue weighted by Crippen LogP contribution is -1.77. The first-order chi connectivity index (χ1) is 6.88. The van der Waals surface area contributed by atoms with Crippen molar-refractivity contribution in [1.82, 2.24) is 0 Å². The molecule has 0 spiro atoms. The molecule has 0 aliphatic rings. The van der Waals surface area contributed by atoms with Gasteiger partial charge in [-0.1, -0.05) is 73.9 Å². The van der Waals surface area contributed by atoms with Crippen LogP contribution in [0.5, 0.6) is 0 Å². The maximum atomic E-state index is 3.79. The van der Waals surface area contributed by atoms with Crippen molar-refractivity contribution >= 4 is 5.57 Å². The summed E-state index contributed by atoms with van der Waals surface area (Å²) in [5.41, 5.74) is 2.29. The molecule has 0 aromatic heterocycles. The van der Waals surface area contributed by atoms with Crippen LogP contribution in [0.1, 0.15) is 5.56 Å². The summed E-state index contributed by atoms with van der Waals surface area (Å²) >= 11 is 0. The van der Waals surface area contributed by atoms with E-state index in [9.17, 15) is 0 Å². The van der Waals surface area contributed by atoms with Gasteiger partial charge in [0.05, 0.1) is 0 Å². The van der Waals surface area contributed by atoms with E-state index in [4.69, 9.17) is 0 Å². The molecule has 0 aliphatic carbocycles. The molecule has 0 N–H and O–H groups in total. The first-order valence-corrected chi connectivity index (χ1v) is 4.55. The summed E-state index contributed by atoms with van der Waals surface area (Å²) in [4.78, 5) is 0. The van der Waals surface area contributed by atoms with E-state index in [0.717, 1.165) is 5.57 Å². The Kier molecular flexibility index (Phi) is 4.22. The van der Waals surface area contributed by atoms with Crippen molar-refractivity contribution in [1.29, 1.82) is 0 Å². The van der Waals surface area contributed by atoms with Crippen molar-refractivity contribution in [2.24, 2.45) is 0 Å². The maximum Gasteiger partial charge on any atom is -0.0184 e. The normalized spacial score (nSPS) is 11.6. The van der Waals surface area contributed by atoms with Gasteiger partial charge < -0.3 is 0 Å². The van der Waals surface area contributed by atoms with Crippen molar-refractivity contribution in [3.8, 4) is 0 Å². The van der Waals surface area contributed by atoms with Crippen LogP contribution in [0.25, 0.3) is 5.57 Å². The van der Waals surface area contributed by atoms with Gasteiger partial charge in [-0.15, -0.1) is 0 Å². The Morgan fingerprint density at radius 3 is 2.29 bits per heavy atom. The van der Waals surface area contributed by atoms with Gasteiger partial charge in [0.25, 0.3) is 0 Å². The molecule has 0 bridgehead atoms. The zero-order chi connectivity index (χ0) is 10.2. The van der Waals surface area contributed by atoms with Gasteiger partial charge in [0.1, 0.15) is 0 Å². The van der Waals surface area contributed by atoms with Crippen LogP contribution in [0, 0.1) is 0 Å². The van der Waals surface area contributed by atoms with Crippen molar-refractivity contribution in [2.45, 2.75) is 0 Å². The molecule has 0 atom stereocenters. The molecule has 0 saturated heterocycles. The fraction of sp³-hybridized carbons (Fsp3) is 0. The monoisotopic (exact) mass is 182 g/mol. The van der Waals surface area contributed by atoms with E-state index in [1.807, 2.05) is 42.5 Å². The van der Waals surface area contributed by atoms with E-state index < -0.39 is 0 Å². The molecule has 0 amide bonds. The maximum absolute atomic E-state index is 3.79. The fourth-order valence-electron chi connectivity index (χ4n) is 1.15. The summed E-state index contributed by atoms with van der Waals surface area (Å²) in [6.07, 6.45) is 9.47. The largest absolute Gasteiger partial charge is 0.0991 e. The Bertz CT molecular complexity index is 353. The van der Waals surface area contributed by atoms with Gasteiger partial charge in [0.15, 0.2) is 0 Å². The minimum absolute atomic E-state index is 1.11. The van der Waals surface area contributed by atoms with Crippen LogP contribution < -0.4 is 0 Å². The van der Waals surface area contributed by atoms with Crippen molar-refractivity contribution in [2.75, 3.05) is 0 Å².